The number of nitrogens with one attached hydrogen (secondary N) is 1. The lowest BCUT2D eigenvalue weighted by Crippen LogP contribution is -2.12. The van der Waals surface area contributed by atoms with Crippen LogP contribution < -0.4 is 5.32 Å². The average molecular weight is 307 g/mol. The number of carbonyl (C=O) groups excluding carboxylic acids is 1. The number of pyridine rings is 1. The average Bonchev–Trinajstić information content (AvgIpc) is 2.48. The minimum atomic E-state index is -0.386. The third kappa shape index (κ3) is 3.10. The summed E-state index contributed by atoms with van der Waals surface area (Å²) in [7, 11) is 0. The van der Waals surface area contributed by atoms with Crippen LogP contribution in [0.15, 0.2) is 18.3 Å². The smallest absolute Gasteiger partial charge is 0.341 e. The number of fused-ring (bicyclic) bond motifs is 1. The SMILES string of the molecule is CCCNc1c(C(=O)OCC)cnc2c(C)ccc(Cl)c12. The van der Waals surface area contributed by atoms with E-state index in [1.165, 1.54) is 0 Å². The van der Waals surface area contributed by atoms with Crippen LogP contribution >= 0.6 is 11.6 Å². The highest BCUT2D eigenvalue weighted by Gasteiger charge is 2.18. The Bertz CT molecular complexity index is 671. The van der Waals surface area contributed by atoms with Gasteiger partial charge in [-0.1, -0.05) is 24.6 Å². The van der Waals surface area contributed by atoms with E-state index in [-0.39, 0.29) is 5.97 Å². The number of aryl methyl sites for hydroxylation is 1. The maximum absolute atomic E-state index is 12.1. The number of esters is 1. The van der Waals surface area contributed by atoms with Crippen molar-refractivity contribution in [1.82, 2.24) is 4.98 Å². The number of rotatable bonds is 5. The molecule has 5 heteroatoms. The molecular weight excluding hydrogens is 288 g/mol. The lowest BCUT2D eigenvalue weighted by molar-refractivity contribution is 0.0527. The summed E-state index contributed by atoms with van der Waals surface area (Å²) in [6.45, 7) is 6.89. The molecule has 2 aromatic rings. The van der Waals surface area contributed by atoms with Crippen molar-refractivity contribution in [2.45, 2.75) is 27.2 Å². The molecule has 0 saturated heterocycles. The summed E-state index contributed by atoms with van der Waals surface area (Å²) in [6.07, 6.45) is 2.50. The summed E-state index contributed by atoms with van der Waals surface area (Å²) in [5.74, 6) is -0.386. The molecule has 1 heterocycles. The third-order valence-corrected chi connectivity index (χ3v) is 3.53. The van der Waals surface area contributed by atoms with E-state index >= 15 is 0 Å². The Labute approximate surface area is 129 Å². The molecule has 0 unspecified atom stereocenters. The normalized spacial score (nSPS) is 10.7. The van der Waals surface area contributed by atoms with E-state index in [0.717, 1.165) is 29.4 Å². The lowest BCUT2D eigenvalue weighted by atomic mass is 10.1. The van der Waals surface area contributed by atoms with Crippen LogP contribution in [0, 0.1) is 6.92 Å². The molecule has 112 valence electrons. The van der Waals surface area contributed by atoms with Crippen molar-refractivity contribution < 1.29 is 9.53 Å². The Morgan fingerprint density at radius 2 is 2.14 bits per heavy atom. The van der Waals surface area contributed by atoms with Gasteiger partial charge < -0.3 is 10.1 Å². The van der Waals surface area contributed by atoms with Gasteiger partial charge in [-0.2, -0.15) is 0 Å². The molecule has 0 aliphatic heterocycles. The van der Waals surface area contributed by atoms with Crippen LogP contribution in [-0.2, 0) is 4.74 Å². The van der Waals surface area contributed by atoms with E-state index in [2.05, 4.69) is 17.2 Å². The summed E-state index contributed by atoms with van der Waals surface area (Å²) in [5, 5.41) is 4.64. The van der Waals surface area contributed by atoms with Crippen LogP contribution in [0.25, 0.3) is 10.9 Å². The fourth-order valence-corrected chi connectivity index (χ4v) is 2.45. The molecule has 0 aliphatic carbocycles. The summed E-state index contributed by atoms with van der Waals surface area (Å²) in [4.78, 5) is 16.5. The molecule has 2 rings (SSSR count). The number of halogens is 1. The quantitative estimate of drug-likeness (QED) is 0.841. The van der Waals surface area contributed by atoms with Crippen LogP contribution in [0.1, 0.15) is 36.2 Å². The van der Waals surface area contributed by atoms with E-state index in [4.69, 9.17) is 16.3 Å². The molecule has 1 N–H and O–H groups in total. The molecule has 0 radical (unpaired) electrons. The number of hydrogen-bond acceptors (Lipinski definition) is 4. The van der Waals surface area contributed by atoms with Crippen LogP contribution in [0.3, 0.4) is 0 Å². The number of ether oxygens (including phenoxy) is 1. The molecule has 0 atom stereocenters. The Morgan fingerprint density at radius 1 is 1.38 bits per heavy atom. The molecule has 0 fully saturated rings. The maximum atomic E-state index is 12.1. The summed E-state index contributed by atoms with van der Waals surface area (Å²) < 4.78 is 5.11. The van der Waals surface area contributed by atoms with Gasteiger partial charge in [0.2, 0.25) is 0 Å². The van der Waals surface area contributed by atoms with Gasteiger partial charge in [-0.25, -0.2) is 4.79 Å². The van der Waals surface area contributed by atoms with Gasteiger partial charge in [0.15, 0.2) is 0 Å². The van der Waals surface area contributed by atoms with Gasteiger partial charge in [0.05, 0.1) is 22.8 Å². The van der Waals surface area contributed by atoms with Crippen molar-refractivity contribution >= 4 is 34.2 Å². The minimum absolute atomic E-state index is 0.325. The number of benzene rings is 1. The Hall–Kier alpha value is -1.81. The predicted octanol–water partition coefficient (Wildman–Crippen LogP) is 4.20. The van der Waals surface area contributed by atoms with Crippen LogP contribution in [0.5, 0.6) is 0 Å². The summed E-state index contributed by atoms with van der Waals surface area (Å²) in [5.41, 5.74) is 2.94. The number of hydrogen-bond donors (Lipinski definition) is 1. The molecule has 0 amide bonds. The van der Waals surface area contributed by atoms with Gasteiger partial charge in [0.1, 0.15) is 5.56 Å². The second-order valence-corrected chi connectivity index (χ2v) is 5.19. The second kappa shape index (κ2) is 6.76. The van der Waals surface area contributed by atoms with Gasteiger partial charge in [-0.3, -0.25) is 4.98 Å². The van der Waals surface area contributed by atoms with Gasteiger partial charge in [-0.15, -0.1) is 0 Å². The van der Waals surface area contributed by atoms with E-state index < -0.39 is 0 Å². The zero-order valence-corrected chi connectivity index (χ0v) is 13.3. The number of nitrogens with zero attached hydrogens (tertiary/aromatic N) is 1. The van der Waals surface area contributed by atoms with Gasteiger partial charge >= 0.3 is 5.97 Å². The number of anilines is 1. The first kappa shape index (κ1) is 15.6. The topological polar surface area (TPSA) is 51.2 Å². The van der Waals surface area contributed by atoms with Crippen LogP contribution in [-0.4, -0.2) is 24.1 Å². The highest BCUT2D eigenvalue weighted by molar-refractivity contribution is 6.37. The van der Waals surface area contributed by atoms with E-state index in [9.17, 15) is 4.79 Å². The monoisotopic (exact) mass is 306 g/mol. The minimum Gasteiger partial charge on any atom is -0.462 e. The fourth-order valence-electron chi connectivity index (χ4n) is 2.20. The van der Waals surface area contributed by atoms with E-state index in [1.54, 1.807) is 13.1 Å². The highest BCUT2D eigenvalue weighted by atomic mass is 35.5. The van der Waals surface area contributed by atoms with Gasteiger partial charge in [-0.05, 0) is 31.9 Å². The van der Waals surface area contributed by atoms with Gasteiger partial charge in [0.25, 0.3) is 0 Å². The largest absolute Gasteiger partial charge is 0.462 e. The van der Waals surface area contributed by atoms with E-state index in [0.29, 0.717) is 22.9 Å². The molecule has 1 aromatic heterocycles. The Balaban J connectivity index is 2.69. The molecule has 0 aliphatic rings. The summed E-state index contributed by atoms with van der Waals surface area (Å²) in [6, 6.07) is 3.75. The first-order valence-electron chi connectivity index (χ1n) is 7.08. The maximum Gasteiger partial charge on any atom is 0.341 e. The Kier molecular flexibility index (Phi) is 5.02. The van der Waals surface area contributed by atoms with Crippen LogP contribution in [0.2, 0.25) is 5.02 Å². The van der Waals surface area contributed by atoms with Crippen molar-refractivity contribution in [1.29, 1.82) is 0 Å². The van der Waals surface area contributed by atoms with Crippen molar-refractivity contribution in [2.75, 3.05) is 18.5 Å². The predicted molar refractivity (Wildman–Crippen MR) is 86.2 cm³/mol. The first-order chi connectivity index (χ1) is 10.1. The van der Waals surface area contributed by atoms with Gasteiger partial charge in [0, 0.05) is 18.1 Å². The molecule has 0 bridgehead atoms. The standard InChI is InChI=1S/C16H19ClN2O2/c1-4-8-18-15-11(16(20)21-5-2)9-19-14-10(3)6-7-12(17)13(14)15/h6-7,9H,4-5,8H2,1-3H3,(H,18,19). The first-order valence-corrected chi connectivity index (χ1v) is 7.46. The molecule has 1 aromatic carbocycles. The number of aromatic nitrogens is 1. The zero-order valence-electron chi connectivity index (χ0n) is 12.5. The highest BCUT2D eigenvalue weighted by Crippen LogP contribution is 2.34. The fraction of sp³-hybridized carbons (Fsp3) is 0.375. The molecule has 4 nitrogen and oxygen atoms in total. The third-order valence-electron chi connectivity index (χ3n) is 3.22. The molecule has 0 saturated carbocycles. The second-order valence-electron chi connectivity index (χ2n) is 4.78. The Morgan fingerprint density at radius 3 is 2.81 bits per heavy atom. The zero-order chi connectivity index (χ0) is 15.4. The summed E-state index contributed by atoms with van der Waals surface area (Å²) >= 11 is 6.33. The van der Waals surface area contributed by atoms with Crippen molar-refractivity contribution in [3.05, 3.63) is 34.5 Å². The van der Waals surface area contributed by atoms with E-state index in [1.807, 2.05) is 19.1 Å². The molecule has 21 heavy (non-hydrogen) atoms. The lowest BCUT2D eigenvalue weighted by Gasteiger charge is -2.15. The molecule has 0 spiro atoms. The van der Waals surface area contributed by atoms with Crippen molar-refractivity contribution in [3.63, 3.8) is 0 Å². The number of carbonyl (C=O) groups is 1. The van der Waals surface area contributed by atoms with Crippen LogP contribution in [0.4, 0.5) is 5.69 Å². The van der Waals surface area contributed by atoms with Crippen molar-refractivity contribution in [3.8, 4) is 0 Å². The molecular formula is C16H19ClN2O2. The van der Waals surface area contributed by atoms with Crippen molar-refractivity contribution in [2.24, 2.45) is 0 Å².